The Balaban J connectivity index is 1.62. The molecule has 7 nitrogen and oxygen atoms in total. The Morgan fingerprint density at radius 2 is 2.14 bits per heavy atom. The molecule has 2 aromatic rings. The zero-order valence-corrected chi connectivity index (χ0v) is 17.9. The first-order valence-corrected chi connectivity index (χ1v) is 10.8. The third-order valence-electron chi connectivity index (χ3n) is 4.84. The molecule has 1 saturated heterocycles. The maximum absolute atomic E-state index is 12.9. The number of hydrogen-bond acceptors (Lipinski definition) is 6. The second-order valence-electron chi connectivity index (χ2n) is 7.59. The van der Waals surface area contributed by atoms with E-state index in [-0.39, 0.29) is 17.7 Å². The van der Waals surface area contributed by atoms with Crippen molar-refractivity contribution < 1.29 is 14.3 Å². The van der Waals surface area contributed by atoms with Crippen molar-refractivity contribution in [2.75, 3.05) is 32.1 Å². The van der Waals surface area contributed by atoms with Crippen LogP contribution in [0.4, 0.5) is 10.8 Å². The van der Waals surface area contributed by atoms with Crippen molar-refractivity contribution in [3.63, 3.8) is 0 Å². The minimum Gasteiger partial charge on any atom is -0.495 e. The number of hydrogen-bond donors (Lipinski definition) is 2. The maximum atomic E-state index is 12.9. The molecule has 1 fully saturated rings. The summed E-state index contributed by atoms with van der Waals surface area (Å²) < 4.78 is 5.34. The number of nitrogens with one attached hydrogen (secondary N) is 2. The smallest absolute Gasteiger partial charge is 0.273 e. The minimum absolute atomic E-state index is 0.0352. The summed E-state index contributed by atoms with van der Waals surface area (Å²) in [4.78, 5) is 31.5. The number of piperidine rings is 1. The van der Waals surface area contributed by atoms with E-state index in [1.165, 1.54) is 11.3 Å². The lowest BCUT2D eigenvalue weighted by molar-refractivity contribution is -0.126. The molecule has 1 aromatic carbocycles. The summed E-state index contributed by atoms with van der Waals surface area (Å²) in [6.45, 7) is 5.88. The summed E-state index contributed by atoms with van der Waals surface area (Å²) in [5.41, 5.74) is 1.19. The number of methoxy groups -OCH3 is 1. The summed E-state index contributed by atoms with van der Waals surface area (Å²) in [6.07, 6.45) is 1.63. The molecule has 29 heavy (non-hydrogen) atoms. The van der Waals surface area contributed by atoms with Crippen LogP contribution in [0.5, 0.6) is 5.75 Å². The van der Waals surface area contributed by atoms with Crippen LogP contribution in [0.25, 0.3) is 0 Å². The summed E-state index contributed by atoms with van der Waals surface area (Å²) in [7, 11) is 1.61. The number of amides is 2. The van der Waals surface area contributed by atoms with Crippen LogP contribution in [-0.4, -0.2) is 48.4 Å². The Labute approximate surface area is 175 Å². The fourth-order valence-electron chi connectivity index (χ4n) is 3.28. The Bertz CT molecular complexity index is 852. The average Bonchev–Trinajstić information content (AvgIpc) is 3.20. The lowest BCUT2D eigenvalue weighted by Crippen LogP contribution is -2.46. The van der Waals surface area contributed by atoms with Gasteiger partial charge in [-0.1, -0.05) is 26.0 Å². The monoisotopic (exact) mass is 416 g/mol. The van der Waals surface area contributed by atoms with Gasteiger partial charge in [0.05, 0.1) is 18.7 Å². The number of likely N-dealkylation sites (tertiary alicyclic amines) is 1. The second-order valence-corrected chi connectivity index (χ2v) is 8.45. The van der Waals surface area contributed by atoms with Crippen molar-refractivity contribution in [2.45, 2.75) is 26.7 Å². The van der Waals surface area contributed by atoms with Crippen molar-refractivity contribution in [1.82, 2.24) is 15.2 Å². The van der Waals surface area contributed by atoms with Gasteiger partial charge in [-0.3, -0.25) is 9.59 Å². The van der Waals surface area contributed by atoms with Crippen molar-refractivity contribution in [3.8, 4) is 5.75 Å². The van der Waals surface area contributed by atoms with Gasteiger partial charge in [0, 0.05) is 25.0 Å². The predicted octanol–water partition coefficient (Wildman–Crippen LogP) is 3.52. The Kier molecular flexibility index (Phi) is 7.09. The number of aromatic nitrogens is 1. The van der Waals surface area contributed by atoms with Crippen molar-refractivity contribution in [1.29, 1.82) is 0 Å². The quantitative estimate of drug-likeness (QED) is 0.722. The van der Waals surface area contributed by atoms with E-state index in [1.54, 1.807) is 17.4 Å². The van der Waals surface area contributed by atoms with Gasteiger partial charge in [-0.05, 0) is 30.9 Å². The number of ether oxygens (including phenoxy) is 1. The molecule has 1 aliphatic heterocycles. The van der Waals surface area contributed by atoms with E-state index in [1.807, 2.05) is 24.3 Å². The Morgan fingerprint density at radius 3 is 2.90 bits per heavy atom. The number of nitrogens with zero attached hydrogens (tertiary/aromatic N) is 2. The highest BCUT2D eigenvalue weighted by Gasteiger charge is 2.29. The third-order valence-corrected chi connectivity index (χ3v) is 5.59. The van der Waals surface area contributed by atoms with Crippen LogP contribution in [0.1, 0.15) is 37.2 Å². The molecule has 1 aliphatic rings. The van der Waals surface area contributed by atoms with Crippen molar-refractivity contribution >= 4 is 34.0 Å². The number of carbonyl (C=O) groups excluding carboxylic acids is 2. The zero-order valence-electron chi connectivity index (χ0n) is 17.1. The van der Waals surface area contributed by atoms with Gasteiger partial charge in [0.2, 0.25) is 5.91 Å². The molecule has 2 amide bonds. The summed E-state index contributed by atoms with van der Waals surface area (Å²) in [5, 5.41) is 8.56. The molecule has 156 valence electrons. The molecule has 0 radical (unpaired) electrons. The standard InChI is InChI=1S/C21H28N4O3S/c1-14(2)11-22-19(26)15-7-6-10-25(12-15)20(27)17-13-29-21(24-17)23-16-8-4-5-9-18(16)28-3/h4-5,8-9,13-15H,6-7,10-12H2,1-3H3,(H,22,26)(H,23,24). The van der Waals surface area contributed by atoms with Crippen LogP contribution in [-0.2, 0) is 4.79 Å². The normalized spacial score (nSPS) is 16.6. The van der Waals surface area contributed by atoms with Crippen LogP contribution >= 0.6 is 11.3 Å². The minimum atomic E-state index is -0.156. The van der Waals surface area contributed by atoms with E-state index in [2.05, 4.69) is 29.5 Å². The van der Waals surface area contributed by atoms with Gasteiger partial charge in [0.15, 0.2) is 5.13 Å². The lowest BCUT2D eigenvalue weighted by atomic mass is 9.96. The molecule has 0 aliphatic carbocycles. The van der Waals surface area contributed by atoms with E-state index < -0.39 is 0 Å². The number of rotatable bonds is 7. The largest absolute Gasteiger partial charge is 0.495 e. The Hall–Kier alpha value is -2.61. The molecule has 0 bridgehead atoms. The van der Waals surface area contributed by atoms with E-state index in [4.69, 9.17) is 4.74 Å². The molecular weight excluding hydrogens is 388 g/mol. The SMILES string of the molecule is COc1ccccc1Nc1nc(C(=O)N2CCCC(C(=O)NCC(C)C)C2)cs1. The second kappa shape index (κ2) is 9.73. The van der Waals surface area contributed by atoms with E-state index in [0.29, 0.717) is 42.1 Å². The van der Waals surface area contributed by atoms with Crippen molar-refractivity contribution in [2.24, 2.45) is 11.8 Å². The fourth-order valence-corrected chi connectivity index (χ4v) is 3.98. The van der Waals surface area contributed by atoms with Crippen LogP contribution in [0, 0.1) is 11.8 Å². The predicted molar refractivity (Wildman–Crippen MR) is 115 cm³/mol. The molecule has 0 spiro atoms. The van der Waals surface area contributed by atoms with Crippen LogP contribution in [0.15, 0.2) is 29.6 Å². The van der Waals surface area contributed by atoms with Gasteiger partial charge in [0.25, 0.3) is 5.91 Å². The molecule has 1 aromatic heterocycles. The van der Waals surface area contributed by atoms with E-state index >= 15 is 0 Å². The summed E-state index contributed by atoms with van der Waals surface area (Å²) >= 11 is 1.37. The molecule has 3 rings (SSSR count). The molecule has 1 atom stereocenters. The van der Waals surface area contributed by atoms with Crippen LogP contribution < -0.4 is 15.4 Å². The number of para-hydroxylation sites is 2. The average molecular weight is 417 g/mol. The van der Waals surface area contributed by atoms with E-state index in [0.717, 1.165) is 18.5 Å². The number of carbonyl (C=O) groups is 2. The van der Waals surface area contributed by atoms with Gasteiger partial charge >= 0.3 is 0 Å². The summed E-state index contributed by atoms with van der Waals surface area (Å²) in [6, 6.07) is 7.56. The third kappa shape index (κ3) is 5.47. The molecule has 0 saturated carbocycles. The van der Waals surface area contributed by atoms with Gasteiger partial charge in [0.1, 0.15) is 11.4 Å². The maximum Gasteiger partial charge on any atom is 0.273 e. The topological polar surface area (TPSA) is 83.6 Å². The molecule has 2 N–H and O–H groups in total. The van der Waals surface area contributed by atoms with Gasteiger partial charge in [-0.15, -0.1) is 11.3 Å². The fraction of sp³-hybridized carbons (Fsp3) is 0.476. The first-order chi connectivity index (χ1) is 14.0. The molecule has 1 unspecified atom stereocenters. The molecule has 8 heteroatoms. The van der Waals surface area contributed by atoms with Crippen molar-refractivity contribution in [3.05, 3.63) is 35.3 Å². The van der Waals surface area contributed by atoms with Gasteiger partial charge < -0.3 is 20.3 Å². The highest BCUT2D eigenvalue weighted by molar-refractivity contribution is 7.14. The van der Waals surface area contributed by atoms with Crippen LogP contribution in [0.3, 0.4) is 0 Å². The first-order valence-electron chi connectivity index (χ1n) is 9.90. The Morgan fingerprint density at radius 1 is 1.34 bits per heavy atom. The highest BCUT2D eigenvalue weighted by atomic mass is 32.1. The van der Waals surface area contributed by atoms with E-state index in [9.17, 15) is 9.59 Å². The number of anilines is 2. The number of benzene rings is 1. The van der Waals surface area contributed by atoms with Crippen LogP contribution in [0.2, 0.25) is 0 Å². The molecule has 2 heterocycles. The van der Waals surface area contributed by atoms with Gasteiger partial charge in [-0.25, -0.2) is 4.98 Å². The summed E-state index contributed by atoms with van der Waals surface area (Å²) in [5.74, 6) is 0.867. The highest BCUT2D eigenvalue weighted by Crippen LogP contribution is 2.29. The lowest BCUT2D eigenvalue weighted by Gasteiger charge is -2.31. The first kappa shape index (κ1) is 21.1. The van der Waals surface area contributed by atoms with Gasteiger partial charge in [-0.2, -0.15) is 0 Å². The molecular formula is C21H28N4O3S. The number of thiazole rings is 1. The zero-order chi connectivity index (χ0) is 20.8.